The molecular formula is C14H11FN4O2. The summed E-state index contributed by atoms with van der Waals surface area (Å²) in [7, 11) is 1.56. The first-order chi connectivity index (χ1) is 9.93. The first-order valence-corrected chi connectivity index (χ1v) is 6.19. The van der Waals surface area contributed by atoms with E-state index in [0.29, 0.717) is 17.0 Å². The molecule has 0 fully saturated rings. The molecular weight excluding hydrogens is 275 g/mol. The van der Waals surface area contributed by atoms with E-state index < -0.39 is 11.5 Å². The molecule has 0 aliphatic rings. The van der Waals surface area contributed by atoms with Gasteiger partial charge >= 0.3 is 5.69 Å². The van der Waals surface area contributed by atoms with Crippen LogP contribution in [-0.4, -0.2) is 14.3 Å². The van der Waals surface area contributed by atoms with Crippen molar-refractivity contribution in [2.45, 2.75) is 13.8 Å². The van der Waals surface area contributed by atoms with Crippen molar-refractivity contribution in [3.63, 3.8) is 0 Å². The van der Waals surface area contributed by atoms with Gasteiger partial charge in [0.15, 0.2) is 11.4 Å². The van der Waals surface area contributed by atoms with Crippen LogP contribution in [0.15, 0.2) is 21.3 Å². The Morgan fingerprint density at radius 2 is 2.10 bits per heavy atom. The van der Waals surface area contributed by atoms with E-state index in [-0.39, 0.29) is 16.8 Å². The molecule has 0 amide bonds. The molecule has 2 aromatic heterocycles. The van der Waals surface area contributed by atoms with Gasteiger partial charge in [-0.25, -0.2) is 9.18 Å². The Balaban J connectivity index is 2.49. The van der Waals surface area contributed by atoms with Gasteiger partial charge in [-0.1, -0.05) is 0 Å². The molecule has 0 spiro atoms. The fourth-order valence-electron chi connectivity index (χ4n) is 2.26. The van der Waals surface area contributed by atoms with Crippen LogP contribution in [0.5, 0.6) is 0 Å². The third-order valence-corrected chi connectivity index (χ3v) is 3.38. The lowest BCUT2D eigenvalue weighted by atomic mass is 10.1. The quantitative estimate of drug-likeness (QED) is 0.685. The minimum Gasteiger partial charge on any atom is -0.460 e. The number of nitriles is 1. The van der Waals surface area contributed by atoms with E-state index >= 15 is 0 Å². The van der Waals surface area contributed by atoms with Crippen molar-refractivity contribution < 1.29 is 8.81 Å². The summed E-state index contributed by atoms with van der Waals surface area (Å²) in [6.45, 7) is 3.34. The Kier molecular flexibility index (Phi) is 2.69. The summed E-state index contributed by atoms with van der Waals surface area (Å²) in [5, 5.41) is 13.5. The Hall–Kier alpha value is -2.88. The van der Waals surface area contributed by atoms with Gasteiger partial charge in [0.05, 0.1) is 10.9 Å². The number of aromatic nitrogens is 3. The van der Waals surface area contributed by atoms with E-state index in [0.717, 1.165) is 10.7 Å². The summed E-state index contributed by atoms with van der Waals surface area (Å²) in [5.41, 5.74) is -0.132. The second-order valence-electron chi connectivity index (χ2n) is 4.77. The number of aryl methyl sites for hydroxylation is 2. The van der Waals surface area contributed by atoms with Gasteiger partial charge < -0.3 is 4.42 Å². The predicted molar refractivity (Wildman–Crippen MR) is 72.7 cm³/mol. The highest BCUT2D eigenvalue weighted by molar-refractivity contribution is 5.91. The van der Waals surface area contributed by atoms with Gasteiger partial charge in [0, 0.05) is 7.05 Å². The summed E-state index contributed by atoms with van der Waals surface area (Å²) >= 11 is 0. The predicted octanol–water partition coefficient (Wildman–Crippen LogP) is 1.94. The third-order valence-electron chi connectivity index (χ3n) is 3.38. The second-order valence-corrected chi connectivity index (χ2v) is 4.77. The molecule has 0 saturated heterocycles. The van der Waals surface area contributed by atoms with Crippen molar-refractivity contribution in [3.05, 3.63) is 45.6 Å². The molecule has 2 heterocycles. The van der Waals surface area contributed by atoms with Gasteiger partial charge in [-0.2, -0.15) is 15.0 Å². The highest BCUT2D eigenvalue weighted by Gasteiger charge is 2.21. The molecule has 0 atom stereocenters. The SMILES string of the molecule is Cc1cc2c(-n3nc(C)n(C)c3=O)c(F)cc(C#N)c2o1. The number of fused-ring (bicyclic) bond motifs is 1. The molecule has 0 aliphatic heterocycles. The minimum atomic E-state index is -0.694. The number of benzene rings is 1. The molecule has 7 heteroatoms. The topological polar surface area (TPSA) is 76.8 Å². The standard InChI is InChI=1S/C14H11FN4O2/c1-7-4-10-12(19-14(20)18(3)8(2)17-19)11(15)5-9(6-16)13(10)21-7/h4-5H,1-3H3. The second kappa shape index (κ2) is 4.31. The van der Waals surface area contributed by atoms with Crippen molar-refractivity contribution in [3.8, 4) is 11.8 Å². The fraction of sp³-hybridized carbons (Fsp3) is 0.214. The fourth-order valence-corrected chi connectivity index (χ4v) is 2.26. The van der Waals surface area contributed by atoms with Crippen LogP contribution < -0.4 is 5.69 Å². The Morgan fingerprint density at radius 3 is 2.67 bits per heavy atom. The highest BCUT2D eigenvalue weighted by Crippen LogP contribution is 2.30. The summed E-state index contributed by atoms with van der Waals surface area (Å²) in [4.78, 5) is 12.1. The van der Waals surface area contributed by atoms with Crippen molar-refractivity contribution >= 4 is 11.0 Å². The summed E-state index contributed by atoms with van der Waals surface area (Å²) in [5.74, 6) is 0.284. The molecule has 1 aromatic carbocycles. The number of rotatable bonds is 1. The summed E-state index contributed by atoms with van der Waals surface area (Å²) in [6.07, 6.45) is 0. The van der Waals surface area contributed by atoms with Gasteiger partial charge in [0.25, 0.3) is 0 Å². The van der Waals surface area contributed by atoms with E-state index in [1.54, 1.807) is 27.0 Å². The third kappa shape index (κ3) is 1.76. The molecule has 0 saturated carbocycles. The molecule has 21 heavy (non-hydrogen) atoms. The maximum Gasteiger partial charge on any atom is 0.350 e. The first kappa shape index (κ1) is 13.1. The summed E-state index contributed by atoms with van der Waals surface area (Å²) in [6, 6.07) is 4.53. The number of halogens is 1. The largest absolute Gasteiger partial charge is 0.460 e. The lowest BCUT2D eigenvalue weighted by Crippen LogP contribution is -2.22. The first-order valence-electron chi connectivity index (χ1n) is 6.19. The van der Waals surface area contributed by atoms with Gasteiger partial charge in [-0.15, -0.1) is 0 Å². The van der Waals surface area contributed by atoms with Crippen molar-refractivity contribution in [1.82, 2.24) is 14.3 Å². The number of furan rings is 1. The molecule has 106 valence electrons. The molecule has 0 N–H and O–H groups in total. The van der Waals surface area contributed by atoms with Gasteiger partial charge in [-0.3, -0.25) is 4.57 Å². The van der Waals surface area contributed by atoms with Gasteiger partial charge in [-0.05, 0) is 26.0 Å². The molecule has 0 unspecified atom stereocenters. The molecule has 3 rings (SSSR count). The maximum absolute atomic E-state index is 14.4. The van der Waals surface area contributed by atoms with E-state index in [4.69, 9.17) is 9.68 Å². The molecule has 6 nitrogen and oxygen atoms in total. The van der Waals surface area contributed by atoms with Gasteiger partial charge in [0.2, 0.25) is 0 Å². The van der Waals surface area contributed by atoms with Crippen LogP contribution in [0.1, 0.15) is 17.1 Å². The zero-order chi connectivity index (χ0) is 15.3. The molecule has 3 aromatic rings. The average molecular weight is 286 g/mol. The van der Waals surface area contributed by atoms with Crippen molar-refractivity contribution in [2.24, 2.45) is 7.05 Å². The van der Waals surface area contributed by atoms with Gasteiger partial charge in [0.1, 0.15) is 23.3 Å². The Labute approximate surface area is 118 Å². The number of hydrogen-bond acceptors (Lipinski definition) is 4. The van der Waals surface area contributed by atoms with E-state index in [1.807, 2.05) is 6.07 Å². The zero-order valence-electron chi connectivity index (χ0n) is 11.6. The monoisotopic (exact) mass is 286 g/mol. The smallest absolute Gasteiger partial charge is 0.350 e. The van der Waals surface area contributed by atoms with E-state index in [9.17, 15) is 9.18 Å². The van der Waals surface area contributed by atoms with Crippen LogP contribution in [-0.2, 0) is 7.05 Å². The van der Waals surface area contributed by atoms with Crippen LogP contribution in [0, 0.1) is 31.0 Å². The molecule has 0 radical (unpaired) electrons. The normalized spacial score (nSPS) is 11.0. The van der Waals surface area contributed by atoms with Crippen LogP contribution in [0.4, 0.5) is 4.39 Å². The molecule has 0 aliphatic carbocycles. The van der Waals surface area contributed by atoms with Crippen LogP contribution in [0.3, 0.4) is 0 Å². The number of nitrogens with zero attached hydrogens (tertiary/aromatic N) is 4. The summed E-state index contributed by atoms with van der Waals surface area (Å²) < 4.78 is 22.1. The van der Waals surface area contributed by atoms with Crippen molar-refractivity contribution in [2.75, 3.05) is 0 Å². The van der Waals surface area contributed by atoms with Crippen LogP contribution >= 0.6 is 0 Å². The average Bonchev–Trinajstić information content (AvgIpc) is 2.93. The lowest BCUT2D eigenvalue weighted by molar-refractivity contribution is 0.574. The Bertz CT molecular complexity index is 972. The van der Waals surface area contributed by atoms with Crippen molar-refractivity contribution in [1.29, 1.82) is 5.26 Å². The highest BCUT2D eigenvalue weighted by atomic mass is 19.1. The van der Waals surface area contributed by atoms with Crippen LogP contribution in [0.25, 0.3) is 16.7 Å². The number of hydrogen-bond donors (Lipinski definition) is 0. The van der Waals surface area contributed by atoms with Crippen LogP contribution in [0.2, 0.25) is 0 Å². The Morgan fingerprint density at radius 1 is 1.38 bits per heavy atom. The maximum atomic E-state index is 14.4. The van der Waals surface area contributed by atoms with E-state index in [2.05, 4.69) is 5.10 Å². The molecule has 0 bridgehead atoms. The minimum absolute atomic E-state index is 0.00505. The lowest BCUT2D eigenvalue weighted by Gasteiger charge is -2.04. The van der Waals surface area contributed by atoms with E-state index in [1.165, 1.54) is 4.57 Å². The zero-order valence-corrected chi connectivity index (χ0v) is 11.6.